The van der Waals surface area contributed by atoms with Crippen LogP contribution in [0.4, 0.5) is 0 Å². The number of ketones is 1. The van der Waals surface area contributed by atoms with E-state index in [0.29, 0.717) is 5.78 Å². The fourth-order valence-electron chi connectivity index (χ4n) is 3.60. The summed E-state index contributed by atoms with van der Waals surface area (Å²) in [7, 11) is 0. The summed E-state index contributed by atoms with van der Waals surface area (Å²) in [5, 5.41) is 0. The first kappa shape index (κ1) is 10.9. The molecule has 84 valence electrons. The summed E-state index contributed by atoms with van der Waals surface area (Å²) in [6.07, 6.45) is 7.53. The average molecular weight is 206 g/mol. The lowest BCUT2D eigenvalue weighted by atomic mass is 9.56. The van der Waals surface area contributed by atoms with Crippen molar-refractivity contribution in [3.05, 3.63) is 12.2 Å². The maximum absolute atomic E-state index is 11.7. The molecule has 0 N–H and O–H groups in total. The highest BCUT2D eigenvalue weighted by Gasteiger charge is 2.49. The zero-order chi connectivity index (χ0) is 11.1. The van der Waals surface area contributed by atoms with E-state index in [-0.39, 0.29) is 10.8 Å². The van der Waals surface area contributed by atoms with Gasteiger partial charge in [-0.3, -0.25) is 4.79 Å². The molecule has 0 unspecified atom stereocenters. The molecule has 0 aliphatic heterocycles. The number of Topliss-reactive ketones (excluding diaryl/α,β-unsaturated/α-hetero) is 1. The third-order valence-electron chi connectivity index (χ3n) is 5.04. The molecular formula is C14H22O. The highest BCUT2D eigenvalue weighted by Crippen LogP contribution is 2.58. The Hall–Kier alpha value is -0.590. The van der Waals surface area contributed by atoms with Crippen molar-refractivity contribution in [1.82, 2.24) is 0 Å². The minimum Gasteiger partial charge on any atom is -0.300 e. The zero-order valence-electron chi connectivity index (χ0n) is 10.1. The van der Waals surface area contributed by atoms with E-state index in [1.165, 1.54) is 31.3 Å². The number of carbonyl (C=O) groups excluding carboxylic acids is 1. The fourth-order valence-corrected chi connectivity index (χ4v) is 3.60. The second kappa shape index (κ2) is 3.47. The van der Waals surface area contributed by atoms with Crippen LogP contribution in [0, 0.1) is 10.8 Å². The Bertz CT molecular complexity index is 304. The van der Waals surface area contributed by atoms with Crippen LogP contribution in [-0.4, -0.2) is 5.78 Å². The second-order valence-electron chi connectivity index (χ2n) is 5.92. The van der Waals surface area contributed by atoms with Crippen molar-refractivity contribution in [2.75, 3.05) is 0 Å². The average Bonchev–Trinajstić information content (AvgIpc) is 2.48. The molecule has 2 aliphatic rings. The molecule has 0 saturated heterocycles. The van der Waals surface area contributed by atoms with Crippen LogP contribution in [0.15, 0.2) is 12.2 Å². The summed E-state index contributed by atoms with van der Waals surface area (Å²) in [4.78, 5) is 11.7. The van der Waals surface area contributed by atoms with Crippen molar-refractivity contribution in [3.63, 3.8) is 0 Å². The molecule has 1 nitrogen and oxygen atoms in total. The highest BCUT2D eigenvalue weighted by molar-refractivity contribution is 5.80. The molecule has 2 rings (SSSR count). The predicted molar refractivity (Wildman–Crippen MR) is 62.7 cm³/mol. The first-order valence-electron chi connectivity index (χ1n) is 6.18. The molecule has 0 spiro atoms. The number of allylic oxidation sites excluding steroid dienone is 1. The predicted octanol–water partition coefficient (Wildman–Crippen LogP) is 3.88. The Morgan fingerprint density at radius 2 is 1.80 bits per heavy atom. The third-order valence-corrected chi connectivity index (χ3v) is 5.04. The Labute approximate surface area is 92.9 Å². The van der Waals surface area contributed by atoms with Gasteiger partial charge in [-0.05, 0) is 42.9 Å². The van der Waals surface area contributed by atoms with Crippen LogP contribution < -0.4 is 0 Å². The maximum atomic E-state index is 11.7. The molecule has 15 heavy (non-hydrogen) atoms. The van der Waals surface area contributed by atoms with Crippen molar-refractivity contribution >= 4 is 5.78 Å². The van der Waals surface area contributed by atoms with Gasteiger partial charge in [0.05, 0.1) is 0 Å². The Morgan fingerprint density at radius 3 is 2.33 bits per heavy atom. The van der Waals surface area contributed by atoms with Gasteiger partial charge in [0.25, 0.3) is 0 Å². The van der Waals surface area contributed by atoms with Crippen LogP contribution in [0.5, 0.6) is 0 Å². The monoisotopic (exact) mass is 206 g/mol. The Kier molecular flexibility index (Phi) is 2.52. The van der Waals surface area contributed by atoms with E-state index in [0.717, 1.165) is 19.3 Å². The smallest absolute Gasteiger partial charge is 0.133 e. The van der Waals surface area contributed by atoms with Crippen LogP contribution in [0.25, 0.3) is 0 Å². The van der Waals surface area contributed by atoms with Gasteiger partial charge in [-0.15, -0.1) is 0 Å². The maximum Gasteiger partial charge on any atom is 0.133 e. The number of carbonyl (C=O) groups is 1. The van der Waals surface area contributed by atoms with Gasteiger partial charge in [0.2, 0.25) is 0 Å². The van der Waals surface area contributed by atoms with Gasteiger partial charge in [-0.25, -0.2) is 0 Å². The van der Waals surface area contributed by atoms with Crippen LogP contribution in [-0.2, 0) is 4.79 Å². The summed E-state index contributed by atoms with van der Waals surface area (Å²) in [5.41, 5.74) is 1.80. The van der Waals surface area contributed by atoms with E-state index < -0.39 is 0 Å². The van der Waals surface area contributed by atoms with Gasteiger partial charge in [-0.1, -0.05) is 26.0 Å². The molecule has 1 heteroatoms. The van der Waals surface area contributed by atoms with Gasteiger partial charge < -0.3 is 0 Å². The Morgan fingerprint density at radius 1 is 1.13 bits per heavy atom. The quantitative estimate of drug-likeness (QED) is 0.595. The number of hydrogen-bond donors (Lipinski definition) is 0. The molecule has 0 amide bonds. The van der Waals surface area contributed by atoms with E-state index in [1.807, 2.05) is 0 Å². The molecule has 2 fully saturated rings. The normalized spacial score (nSPS) is 42.3. The molecule has 0 heterocycles. The number of rotatable bonds is 1. The first-order valence-corrected chi connectivity index (χ1v) is 6.18. The van der Waals surface area contributed by atoms with Crippen LogP contribution in [0.1, 0.15) is 58.8 Å². The van der Waals surface area contributed by atoms with Crippen molar-refractivity contribution in [1.29, 1.82) is 0 Å². The molecular weight excluding hydrogens is 184 g/mol. The lowest BCUT2D eigenvalue weighted by molar-refractivity contribution is -0.126. The molecule has 2 atom stereocenters. The van der Waals surface area contributed by atoms with Gasteiger partial charge in [0.1, 0.15) is 5.78 Å². The lowest BCUT2D eigenvalue weighted by Crippen LogP contribution is -2.40. The molecule has 0 bridgehead atoms. The molecule has 2 aliphatic carbocycles. The molecule has 0 aromatic heterocycles. The minimum atomic E-state index is 0.190. The standard InChI is InChI=1S/C14H22O/c1-11-6-4-9-14(11,3)13(2)8-5-7-12(15)10-13/h1,4-10H2,2-3H3/t13-,14-/m1/s1. The van der Waals surface area contributed by atoms with Crippen molar-refractivity contribution in [3.8, 4) is 0 Å². The molecule has 0 aromatic carbocycles. The summed E-state index contributed by atoms with van der Waals surface area (Å²) >= 11 is 0. The van der Waals surface area contributed by atoms with E-state index >= 15 is 0 Å². The zero-order valence-corrected chi connectivity index (χ0v) is 10.1. The summed E-state index contributed by atoms with van der Waals surface area (Å²) in [5.74, 6) is 0.463. The van der Waals surface area contributed by atoms with Gasteiger partial charge in [0, 0.05) is 12.8 Å². The van der Waals surface area contributed by atoms with E-state index in [4.69, 9.17) is 0 Å². The summed E-state index contributed by atoms with van der Waals surface area (Å²) in [6.45, 7) is 8.88. The van der Waals surface area contributed by atoms with Gasteiger partial charge in [-0.2, -0.15) is 0 Å². The van der Waals surface area contributed by atoms with Crippen LogP contribution in [0.2, 0.25) is 0 Å². The topological polar surface area (TPSA) is 17.1 Å². The van der Waals surface area contributed by atoms with E-state index in [1.54, 1.807) is 0 Å². The highest BCUT2D eigenvalue weighted by atomic mass is 16.1. The third kappa shape index (κ3) is 1.56. The number of hydrogen-bond acceptors (Lipinski definition) is 1. The van der Waals surface area contributed by atoms with Gasteiger partial charge in [0.15, 0.2) is 0 Å². The largest absolute Gasteiger partial charge is 0.300 e. The summed E-state index contributed by atoms with van der Waals surface area (Å²) < 4.78 is 0. The van der Waals surface area contributed by atoms with Crippen molar-refractivity contribution < 1.29 is 4.79 Å². The van der Waals surface area contributed by atoms with Crippen LogP contribution >= 0.6 is 0 Å². The summed E-state index contributed by atoms with van der Waals surface area (Å²) in [6, 6.07) is 0. The van der Waals surface area contributed by atoms with E-state index in [9.17, 15) is 4.79 Å². The molecule has 0 radical (unpaired) electrons. The fraction of sp³-hybridized carbons (Fsp3) is 0.786. The van der Waals surface area contributed by atoms with Gasteiger partial charge >= 0.3 is 0 Å². The molecule has 2 saturated carbocycles. The lowest BCUT2D eigenvalue weighted by Gasteiger charge is -2.47. The minimum absolute atomic E-state index is 0.190. The molecule has 0 aromatic rings. The SMILES string of the molecule is C=C1CCC[C@@]1(C)[C@]1(C)CCCC(=O)C1. The second-order valence-corrected chi connectivity index (χ2v) is 5.92. The Balaban J connectivity index is 2.27. The van der Waals surface area contributed by atoms with Crippen molar-refractivity contribution in [2.45, 2.75) is 58.8 Å². The van der Waals surface area contributed by atoms with Crippen molar-refractivity contribution in [2.24, 2.45) is 10.8 Å². The van der Waals surface area contributed by atoms with E-state index in [2.05, 4.69) is 20.4 Å². The van der Waals surface area contributed by atoms with Crippen LogP contribution in [0.3, 0.4) is 0 Å². The first-order chi connectivity index (χ1) is 6.98.